The lowest BCUT2D eigenvalue weighted by molar-refractivity contribution is 0.0376. The van der Waals surface area contributed by atoms with Crippen molar-refractivity contribution in [2.75, 3.05) is 59.2 Å². The van der Waals surface area contributed by atoms with Crippen LogP contribution >= 0.6 is 12.2 Å². The van der Waals surface area contributed by atoms with Crippen LogP contribution in [-0.2, 0) is 11.3 Å². The van der Waals surface area contributed by atoms with Gasteiger partial charge in [-0.3, -0.25) is 9.69 Å². The first-order valence-electron chi connectivity index (χ1n) is 11.3. The molecule has 0 atom stereocenters. The van der Waals surface area contributed by atoms with E-state index in [0.29, 0.717) is 36.8 Å². The van der Waals surface area contributed by atoms with E-state index in [0.717, 1.165) is 62.5 Å². The van der Waals surface area contributed by atoms with E-state index in [1.54, 1.807) is 0 Å². The van der Waals surface area contributed by atoms with Crippen molar-refractivity contribution in [1.29, 1.82) is 0 Å². The number of morpholine rings is 1. The van der Waals surface area contributed by atoms with Crippen molar-refractivity contribution in [2.24, 2.45) is 0 Å². The standard InChI is InChI=1S/C23H34N4O4S/c1-2-31-20-5-6-21-18(16-20)15-19(22(29)25-21)17-27(9-4-12-28)23(32)24-7-3-8-26-10-13-30-14-11-26/h5-6,15-16,28H,2-4,7-14,17H2,1H3,(H,24,32)(H,25,29). The Bertz CT molecular complexity index is 930. The maximum Gasteiger partial charge on any atom is 0.253 e. The minimum atomic E-state index is -0.134. The summed E-state index contributed by atoms with van der Waals surface area (Å²) in [6.07, 6.45) is 1.56. The lowest BCUT2D eigenvalue weighted by atomic mass is 10.1. The summed E-state index contributed by atoms with van der Waals surface area (Å²) in [6.45, 7) is 8.86. The number of aromatic nitrogens is 1. The largest absolute Gasteiger partial charge is 0.494 e. The third-order valence-electron chi connectivity index (χ3n) is 5.47. The first-order chi connectivity index (χ1) is 15.6. The lowest BCUT2D eigenvalue weighted by Gasteiger charge is -2.28. The van der Waals surface area contributed by atoms with E-state index in [2.05, 4.69) is 15.2 Å². The molecule has 1 aliphatic heterocycles. The molecule has 176 valence electrons. The maximum absolute atomic E-state index is 12.7. The van der Waals surface area contributed by atoms with Crippen LogP contribution in [0.15, 0.2) is 29.1 Å². The summed E-state index contributed by atoms with van der Waals surface area (Å²) >= 11 is 5.62. The van der Waals surface area contributed by atoms with Crippen molar-refractivity contribution < 1.29 is 14.6 Å². The Kier molecular flexibility index (Phi) is 9.73. The van der Waals surface area contributed by atoms with Crippen molar-refractivity contribution >= 4 is 28.2 Å². The van der Waals surface area contributed by atoms with Crippen molar-refractivity contribution in [2.45, 2.75) is 26.3 Å². The number of fused-ring (bicyclic) bond motifs is 1. The Hall–Kier alpha value is -2.20. The number of thiocarbonyl (C=S) groups is 1. The number of pyridine rings is 1. The molecule has 9 heteroatoms. The summed E-state index contributed by atoms with van der Waals surface area (Å²) < 4.78 is 11.0. The maximum atomic E-state index is 12.7. The Morgan fingerprint density at radius 1 is 1.31 bits per heavy atom. The van der Waals surface area contributed by atoms with Gasteiger partial charge in [0.25, 0.3) is 5.56 Å². The second kappa shape index (κ2) is 12.7. The Balaban J connectivity index is 1.63. The Morgan fingerprint density at radius 2 is 2.12 bits per heavy atom. The average Bonchev–Trinajstić information content (AvgIpc) is 2.80. The van der Waals surface area contributed by atoms with Crippen LogP contribution in [0.25, 0.3) is 10.9 Å². The molecule has 1 aromatic carbocycles. The second-order valence-electron chi connectivity index (χ2n) is 7.84. The van der Waals surface area contributed by atoms with Gasteiger partial charge in [-0.2, -0.15) is 0 Å². The molecule has 1 aliphatic rings. The summed E-state index contributed by atoms with van der Waals surface area (Å²) in [6, 6.07) is 7.53. The first-order valence-corrected chi connectivity index (χ1v) is 11.7. The highest BCUT2D eigenvalue weighted by molar-refractivity contribution is 7.80. The smallest absolute Gasteiger partial charge is 0.253 e. The molecular formula is C23H34N4O4S. The number of hydrogen-bond donors (Lipinski definition) is 3. The van der Waals surface area contributed by atoms with Crippen molar-refractivity contribution in [3.8, 4) is 5.75 Å². The summed E-state index contributed by atoms with van der Waals surface area (Å²) in [5.74, 6) is 0.771. The molecule has 32 heavy (non-hydrogen) atoms. The van der Waals surface area contributed by atoms with Crippen LogP contribution < -0.4 is 15.6 Å². The number of H-pyrrole nitrogens is 1. The van der Waals surface area contributed by atoms with Gasteiger partial charge in [-0.05, 0) is 62.8 Å². The predicted octanol–water partition coefficient (Wildman–Crippen LogP) is 1.71. The predicted molar refractivity (Wildman–Crippen MR) is 130 cm³/mol. The molecule has 2 aromatic rings. The summed E-state index contributed by atoms with van der Waals surface area (Å²) in [5.41, 5.74) is 1.26. The first kappa shape index (κ1) is 24.4. The fraction of sp³-hybridized carbons (Fsp3) is 0.565. The van der Waals surface area contributed by atoms with Crippen molar-refractivity contribution in [3.05, 3.63) is 40.2 Å². The topological polar surface area (TPSA) is 90.1 Å². The van der Waals surface area contributed by atoms with Gasteiger partial charge >= 0.3 is 0 Å². The van der Waals surface area contributed by atoms with Crippen LogP contribution in [0.1, 0.15) is 25.3 Å². The van der Waals surface area contributed by atoms with E-state index in [1.165, 1.54) is 0 Å². The number of nitrogens with one attached hydrogen (secondary N) is 2. The normalized spacial score (nSPS) is 14.4. The molecule has 8 nitrogen and oxygen atoms in total. The number of ether oxygens (including phenoxy) is 2. The highest BCUT2D eigenvalue weighted by Crippen LogP contribution is 2.19. The highest BCUT2D eigenvalue weighted by atomic mass is 32.1. The Labute approximate surface area is 194 Å². The molecule has 3 N–H and O–H groups in total. The number of hydrogen-bond acceptors (Lipinski definition) is 6. The average molecular weight is 463 g/mol. The quantitative estimate of drug-likeness (QED) is 0.344. The van der Waals surface area contributed by atoms with E-state index < -0.39 is 0 Å². The monoisotopic (exact) mass is 462 g/mol. The summed E-state index contributed by atoms with van der Waals surface area (Å²) in [5, 5.41) is 14.1. The molecule has 0 aliphatic carbocycles. The van der Waals surface area contributed by atoms with Gasteiger partial charge in [0.15, 0.2) is 5.11 Å². The zero-order chi connectivity index (χ0) is 22.8. The van der Waals surface area contributed by atoms with E-state index in [-0.39, 0.29) is 12.2 Å². The summed E-state index contributed by atoms with van der Waals surface area (Å²) in [4.78, 5) is 20.0. The lowest BCUT2D eigenvalue weighted by Crippen LogP contribution is -2.42. The van der Waals surface area contributed by atoms with E-state index in [4.69, 9.17) is 21.7 Å². The van der Waals surface area contributed by atoms with Crippen LogP contribution in [0, 0.1) is 0 Å². The van der Waals surface area contributed by atoms with Crippen molar-refractivity contribution in [3.63, 3.8) is 0 Å². The van der Waals surface area contributed by atoms with E-state index in [9.17, 15) is 9.90 Å². The van der Waals surface area contributed by atoms with Gasteiger partial charge in [0.05, 0.1) is 26.4 Å². The van der Waals surface area contributed by atoms with E-state index >= 15 is 0 Å². The van der Waals surface area contributed by atoms with Gasteiger partial charge in [0, 0.05) is 49.3 Å². The molecule has 0 saturated carbocycles. The van der Waals surface area contributed by atoms with Gasteiger partial charge in [-0.15, -0.1) is 0 Å². The molecule has 0 spiro atoms. The zero-order valence-corrected chi connectivity index (χ0v) is 19.6. The second-order valence-corrected chi connectivity index (χ2v) is 8.23. The number of aromatic amines is 1. The minimum Gasteiger partial charge on any atom is -0.494 e. The molecule has 1 saturated heterocycles. The third kappa shape index (κ3) is 7.16. The number of rotatable bonds is 11. The molecule has 0 unspecified atom stereocenters. The van der Waals surface area contributed by atoms with Crippen molar-refractivity contribution in [1.82, 2.24) is 20.1 Å². The molecule has 0 radical (unpaired) electrons. The molecule has 0 amide bonds. The highest BCUT2D eigenvalue weighted by Gasteiger charge is 2.14. The Morgan fingerprint density at radius 3 is 2.88 bits per heavy atom. The number of benzene rings is 1. The minimum absolute atomic E-state index is 0.0714. The fourth-order valence-electron chi connectivity index (χ4n) is 3.76. The molecule has 0 bridgehead atoms. The molecule has 1 aromatic heterocycles. The van der Waals surface area contributed by atoms with Crippen LogP contribution in [-0.4, -0.2) is 84.2 Å². The van der Waals surface area contributed by atoms with Crippen LogP contribution in [0.4, 0.5) is 0 Å². The molecule has 1 fully saturated rings. The van der Waals surface area contributed by atoms with Gasteiger partial charge in [0.1, 0.15) is 5.75 Å². The molecule has 2 heterocycles. The van der Waals surface area contributed by atoms with Gasteiger partial charge in [-0.25, -0.2) is 0 Å². The summed E-state index contributed by atoms with van der Waals surface area (Å²) in [7, 11) is 0. The zero-order valence-electron chi connectivity index (χ0n) is 18.8. The number of nitrogens with zero attached hydrogens (tertiary/aromatic N) is 2. The third-order valence-corrected chi connectivity index (χ3v) is 5.87. The van der Waals surface area contributed by atoms with Crippen LogP contribution in [0.3, 0.4) is 0 Å². The van der Waals surface area contributed by atoms with Crippen LogP contribution in [0.5, 0.6) is 5.75 Å². The van der Waals surface area contributed by atoms with E-state index in [1.807, 2.05) is 36.1 Å². The SMILES string of the molecule is CCOc1ccc2[nH]c(=O)c(CN(CCCO)C(=S)NCCCN3CCOCC3)cc2c1. The van der Waals surface area contributed by atoms with Gasteiger partial charge in [0.2, 0.25) is 0 Å². The van der Waals surface area contributed by atoms with Gasteiger partial charge in [-0.1, -0.05) is 0 Å². The fourth-order valence-corrected chi connectivity index (χ4v) is 4.02. The number of aliphatic hydroxyl groups excluding tert-OH is 1. The number of aliphatic hydroxyl groups is 1. The molecule has 3 rings (SSSR count). The molecular weight excluding hydrogens is 428 g/mol. The van der Waals surface area contributed by atoms with Crippen LogP contribution in [0.2, 0.25) is 0 Å². The van der Waals surface area contributed by atoms with Gasteiger partial charge < -0.3 is 29.8 Å².